The summed E-state index contributed by atoms with van der Waals surface area (Å²) in [6.45, 7) is 6.19. The summed E-state index contributed by atoms with van der Waals surface area (Å²) in [5, 5.41) is 0.503. The van der Waals surface area contributed by atoms with Crippen molar-refractivity contribution in [3.05, 3.63) is 52.7 Å². The Hall–Kier alpha value is -2.71. The van der Waals surface area contributed by atoms with Crippen LogP contribution >= 0.6 is 23.2 Å². The molecular weight excluding hydrogens is 464 g/mol. The fourth-order valence-electron chi connectivity index (χ4n) is 4.45. The van der Waals surface area contributed by atoms with Crippen molar-refractivity contribution >= 4 is 40.8 Å². The van der Waals surface area contributed by atoms with Crippen LogP contribution in [-0.2, 0) is 0 Å². The van der Waals surface area contributed by atoms with Gasteiger partial charge in [-0.1, -0.05) is 29.3 Å². The van der Waals surface area contributed by atoms with E-state index in [9.17, 15) is 4.39 Å². The highest BCUT2D eigenvalue weighted by Gasteiger charge is 2.28. The Bertz CT molecular complexity index is 1160. The molecule has 0 saturated carbocycles. The Labute approximate surface area is 202 Å². The zero-order valence-corrected chi connectivity index (χ0v) is 19.8. The summed E-state index contributed by atoms with van der Waals surface area (Å²) >= 11 is 12.2. The number of hydrogen-bond donors (Lipinski definition) is 0. The molecule has 7 nitrogen and oxygen atoms in total. The third-order valence-corrected chi connectivity index (χ3v) is 6.74. The smallest absolute Gasteiger partial charge is 0.227 e. The maximum Gasteiger partial charge on any atom is 0.227 e. The molecule has 0 bridgehead atoms. The SMILES string of the molecule is CC1CN(c2nccnc2Cl)CCN1c1cc(-c2ccc(Cl)c(F)c2)nc(N2CCCC2)n1. The molecule has 1 atom stereocenters. The quantitative estimate of drug-likeness (QED) is 0.528. The van der Waals surface area contributed by atoms with Crippen LogP contribution in [0.15, 0.2) is 36.7 Å². The molecule has 0 radical (unpaired) electrons. The van der Waals surface area contributed by atoms with Crippen LogP contribution in [0.1, 0.15) is 19.8 Å². The number of anilines is 3. The molecule has 0 amide bonds. The van der Waals surface area contributed by atoms with Crippen molar-refractivity contribution in [1.82, 2.24) is 19.9 Å². The topological polar surface area (TPSA) is 61.3 Å². The van der Waals surface area contributed by atoms with E-state index in [0.29, 0.717) is 28.2 Å². The average Bonchev–Trinajstić information content (AvgIpc) is 3.36. The van der Waals surface area contributed by atoms with Crippen molar-refractivity contribution in [2.45, 2.75) is 25.8 Å². The fourth-order valence-corrected chi connectivity index (χ4v) is 4.79. The molecule has 1 unspecified atom stereocenters. The van der Waals surface area contributed by atoms with Crippen molar-refractivity contribution in [3.8, 4) is 11.3 Å². The van der Waals surface area contributed by atoms with Gasteiger partial charge in [0.15, 0.2) is 11.0 Å². The van der Waals surface area contributed by atoms with Crippen LogP contribution in [0, 0.1) is 5.82 Å². The standard InChI is InChI=1S/C23H24Cl2FN7/c1-15-14-32(22-21(25)27-6-7-28-22)10-11-33(15)20-13-19(16-4-5-17(24)18(26)12-16)29-23(30-20)31-8-2-3-9-31/h4-7,12-13,15H,2-3,8-11,14H2,1H3. The number of nitrogens with zero attached hydrogens (tertiary/aromatic N) is 7. The molecule has 5 rings (SSSR count). The van der Waals surface area contributed by atoms with E-state index < -0.39 is 5.82 Å². The van der Waals surface area contributed by atoms with E-state index in [0.717, 1.165) is 51.4 Å². The Morgan fingerprint density at radius 2 is 1.73 bits per heavy atom. The predicted octanol–water partition coefficient (Wildman–Crippen LogP) is 4.69. The lowest BCUT2D eigenvalue weighted by Crippen LogP contribution is -2.52. The molecule has 2 saturated heterocycles. The van der Waals surface area contributed by atoms with E-state index in [1.165, 1.54) is 6.07 Å². The minimum Gasteiger partial charge on any atom is -0.350 e. The van der Waals surface area contributed by atoms with E-state index in [4.69, 9.17) is 33.2 Å². The molecule has 0 N–H and O–H groups in total. The molecule has 172 valence electrons. The molecular formula is C23H24Cl2FN7. The van der Waals surface area contributed by atoms with Crippen molar-refractivity contribution < 1.29 is 4.39 Å². The zero-order valence-electron chi connectivity index (χ0n) is 18.3. The largest absolute Gasteiger partial charge is 0.350 e. The van der Waals surface area contributed by atoms with Gasteiger partial charge in [0.05, 0.1) is 10.7 Å². The lowest BCUT2D eigenvalue weighted by atomic mass is 10.1. The lowest BCUT2D eigenvalue weighted by molar-refractivity contribution is 0.542. The van der Waals surface area contributed by atoms with E-state index in [-0.39, 0.29) is 11.1 Å². The molecule has 0 spiro atoms. The molecule has 2 aromatic heterocycles. The normalized spacial score (nSPS) is 18.8. The predicted molar refractivity (Wildman–Crippen MR) is 130 cm³/mol. The highest BCUT2D eigenvalue weighted by Crippen LogP contribution is 2.31. The van der Waals surface area contributed by atoms with Gasteiger partial charge >= 0.3 is 0 Å². The summed E-state index contributed by atoms with van der Waals surface area (Å²) < 4.78 is 14.2. The van der Waals surface area contributed by atoms with E-state index in [1.54, 1.807) is 24.5 Å². The van der Waals surface area contributed by atoms with Gasteiger partial charge in [-0.2, -0.15) is 4.98 Å². The van der Waals surface area contributed by atoms with Gasteiger partial charge < -0.3 is 14.7 Å². The molecule has 10 heteroatoms. The molecule has 2 fully saturated rings. The van der Waals surface area contributed by atoms with Crippen LogP contribution < -0.4 is 14.7 Å². The summed E-state index contributed by atoms with van der Waals surface area (Å²) in [4.78, 5) is 24.9. The van der Waals surface area contributed by atoms with Crippen LogP contribution in [-0.4, -0.2) is 58.7 Å². The van der Waals surface area contributed by atoms with E-state index in [2.05, 4.69) is 31.6 Å². The number of hydrogen-bond acceptors (Lipinski definition) is 7. The van der Waals surface area contributed by atoms with Crippen LogP contribution in [0.5, 0.6) is 0 Å². The third kappa shape index (κ3) is 4.54. The number of benzene rings is 1. The Kier molecular flexibility index (Phi) is 6.21. The van der Waals surface area contributed by atoms with Crippen molar-refractivity contribution in [2.75, 3.05) is 47.4 Å². The van der Waals surface area contributed by atoms with Crippen LogP contribution in [0.4, 0.5) is 22.0 Å². The van der Waals surface area contributed by atoms with E-state index >= 15 is 0 Å². The Morgan fingerprint density at radius 3 is 2.45 bits per heavy atom. The van der Waals surface area contributed by atoms with Gasteiger partial charge in [0, 0.05) is 62.8 Å². The minimum atomic E-state index is -0.458. The maximum atomic E-state index is 14.2. The van der Waals surface area contributed by atoms with Crippen LogP contribution in [0.25, 0.3) is 11.3 Å². The fraction of sp³-hybridized carbons (Fsp3) is 0.391. The number of rotatable bonds is 4. The molecule has 0 aliphatic carbocycles. The summed E-state index contributed by atoms with van der Waals surface area (Å²) in [5.41, 5.74) is 1.36. The van der Waals surface area contributed by atoms with Gasteiger partial charge in [0.2, 0.25) is 5.95 Å². The number of halogens is 3. The van der Waals surface area contributed by atoms with Gasteiger partial charge in [-0.3, -0.25) is 0 Å². The molecule has 3 aromatic rings. The number of aromatic nitrogens is 4. The van der Waals surface area contributed by atoms with E-state index in [1.807, 2.05) is 6.07 Å². The van der Waals surface area contributed by atoms with Gasteiger partial charge in [-0.05, 0) is 31.9 Å². The molecule has 2 aliphatic rings. The first kappa shape index (κ1) is 22.1. The maximum absolute atomic E-state index is 14.2. The van der Waals surface area contributed by atoms with Crippen LogP contribution in [0.2, 0.25) is 10.2 Å². The summed E-state index contributed by atoms with van der Waals surface area (Å²) in [6, 6.07) is 6.87. The molecule has 1 aromatic carbocycles. The molecule has 2 aliphatic heterocycles. The second-order valence-electron chi connectivity index (χ2n) is 8.39. The second kappa shape index (κ2) is 9.27. The summed E-state index contributed by atoms with van der Waals surface area (Å²) in [6.07, 6.45) is 5.48. The van der Waals surface area contributed by atoms with Gasteiger partial charge in [-0.25, -0.2) is 19.3 Å². The minimum absolute atomic E-state index is 0.0974. The Balaban J connectivity index is 1.47. The first-order chi connectivity index (χ1) is 16.0. The van der Waals surface area contributed by atoms with Crippen molar-refractivity contribution in [1.29, 1.82) is 0 Å². The average molecular weight is 488 g/mol. The molecule has 4 heterocycles. The summed E-state index contributed by atoms with van der Waals surface area (Å²) in [5.74, 6) is 1.75. The Morgan fingerprint density at radius 1 is 0.939 bits per heavy atom. The van der Waals surface area contributed by atoms with Gasteiger partial charge in [0.25, 0.3) is 0 Å². The second-order valence-corrected chi connectivity index (χ2v) is 9.16. The van der Waals surface area contributed by atoms with Crippen molar-refractivity contribution in [2.24, 2.45) is 0 Å². The summed E-state index contributed by atoms with van der Waals surface area (Å²) in [7, 11) is 0. The highest BCUT2D eigenvalue weighted by atomic mass is 35.5. The lowest BCUT2D eigenvalue weighted by Gasteiger charge is -2.41. The van der Waals surface area contributed by atoms with Crippen LogP contribution in [0.3, 0.4) is 0 Å². The highest BCUT2D eigenvalue weighted by molar-refractivity contribution is 6.31. The number of piperazine rings is 1. The van der Waals surface area contributed by atoms with Gasteiger partial charge in [-0.15, -0.1) is 0 Å². The van der Waals surface area contributed by atoms with Gasteiger partial charge in [0.1, 0.15) is 11.6 Å². The third-order valence-electron chi connectivity index (χ3n) is 6.16. The first-order valence-electron chi connectivity index (χ1n) is 11.1. The molecule has 33 heavy (non-hydrogen) atoms. The van der Waals surface area contributed by atoms with Crippen molar-refractivity contribution in [3.63, 3.8) is 0 Å². The monoisotopic (exact) mass is 487 g/mol. The zero-order chi connectivity index (χ0) is 22.9. The first-order valence-corrected chi connectivity index (χ1v) is 11.8.